The van der Waals surface area contributed by atoms with E-state index in [9.17, 15) is 4.79 Å². The van der Waals surface area contributed by atoms with Gasteiger partial charge in [-0.2, -0.15) is 4.98 Å². The predicted octanol–water partition coefficient (Wildman–Crippen LogP) is 0.274. The van der Waals surface area contributed by atoms with Gasteiger partial charge in [0.05, 0.1) is 5.54 Å². The minimum absolute atomic E-state index is 0.0650. The second-order valence-electron chi connectivity index (χ2n) is 3.66. The van der Waals surface area contributed by atoms with Crippen LogP contribution < -0.4 is 10.6 Å². The van der Waals surface area contributed by atoms with E-state index >= 15 is 0 Å². The zero-order chi connectivity index (χ0) is 11.5. The van der Waals surface area contributed by atoms with Gasteiger partial charge in [-0.15, -0.1) is 0 Å². The molecule has 6 heteroatoms. The Hall–Kier alpha value is -1.43. The molecule has 0 fully saturated rings. The minimum Gasteiger partial charge on any atom is -0.349 e. The summed E-state index contributed by atoms with van der Waals surface area (Å²) in [5.41, 5.74) is -0.433. The van der Waals surface area contributed by atoms with E-state index in [1.54, 1.807) is 7.05 Å². The molecular formula is C9H16N4O2. The van der Waals surface area contributed by atoms with Gasteiger partial charge in [-0.25, -0.2) is 0 Å². The number of hydrogen-bond acceptors (Lipinski definition) is 5. The largest absolute Gasteiger partial charge is 0.349 e. The van der Waals surface area contributed by atoms with Gasteiger partial charge in [-0.1, -0.05) is 5.16 Å². The molecule has 1 heterocycles. The molecule has 0 unspecified atom stereocenters. The van der Waals surface area contributed by atoms with Gasteiger partial charge in [0.25, 0.3) is 11.7 Å². The molecule has 1 aromatic heterocycles. The van der Waals surface area contributed by atoms with Gasteiger partial charge in [-0.3, -0.25) is 4.79 Å². The molecule has 0 spiro atoms. The fourth-order valence-electron chi connectivity index (χ4n) is 0.916. The van der Waals surface area contributed by atoms with Crippen molar-refractivity contribution in [1.82, 2.24) is 20.8 Å². The van der Waals surface area contributed by atoms with Gasteiger partial charge in [0.15, 0.2) is 0 Å². The van der Waals surface area contributed by atoms with E-state index in [0.29, 0.717) is 12.4 Å². The topological polar surface area (TPSA) is 80.0 Å². The van der Waals surface area contributed by atoms with E-state index in [4.69, 9.17) is 4.52 Å². The van der Waals surface area contributed by atoms with Crippen molar-refractivity contribution < 1.29 is 9.32 Å². The fraction of sp³-hybridized carbons (Fsp3) is 0.667. The summed E-state index contributed by atoms with van der Waals surface area (Å²) in [6.07, 6.45) is 0. The van der Waals surface area contributed by atoms with Gasteiger partial charge in [-0.05, 0) is 27.8 Å². The smallest absolute Gasteiger partial charge is 0.292 e. The van der Waals surface area contributed by atoms with Crippen LogP contribution in [0.5, 0.6) is 0 Å². The molecule has 0 aliphatic rings. The molecular weight excluding hydrogens is 196 g/mol. The Morgan fingerprint density at radius 1 is 1.53 bits per heavy atom. The lowest BCUT2D eigenvalue weighted by atomic mass is 10.1. The molecule has 0 saturated carbocycles. The molecule has 0 aromatic carbocycles. The van der Waals surface area contributed by atoms with Crippen molar-refractivity contribution >= 4 is 5.91 Å². The van der Waals surface area contributed by atoms with Crippen molar-refractivity contribution in [3.8, 4) is 0 Å². The summed E-state index contributed by atoms with van der Waals surface area (Å²) in [6.45, 7) is 6.15. The molecule has 15 heavy (non-hydrogen) atoms. The predicted molar refractivity (Wildman–Crippen MR) is 54.4 cm³/mol. The third-order valence-electron chi connectivity index (χ3n) is 2.13. The minimum atomic E-state index is -0.433. The van der Waals surface area contributed by atoms with Gasteiger partial charge in [0, 0.05) is 6.54 Å². The molecule has 0 aliphatic carbocycles. The summed E-state index contributed by atoms with van der Waals surface area (Å²) >= 11 is 0. The molecule has 0 radical (unpaired) electrons. The van der Waals surface area contributed by atoms with Crippen LogP contribution in [-0.4, -0.2) is 29.6 Å². The van der Waals surface area contributed by atoms with Crippen molar-refractivity contribution in [3.05, 3.63) is 11.7 Å². The zero-order valence-corrected chi connectivity index (χ0v) is 9.42. The van der Waals surface area contributed by atoms with Gasteiger partial charge < -0.3 is 15.2 Å². The third-order valence-corrected chi connectivity index (χ3v) is 2.13. The second kappa shape index (κ2) is 4.39. The highest BCUT2D eigenvalue weighted by Gasteiger charge is 2.26. The quantitative estimate of drug-likeness (QED) is 0.749. The first-order chi connectivity index (χ1) is 7.01. The number of rotatable bonds is 4. The maximum absolute atomic E-state index is 11.4. The van der Waals surface area contributed by atoms with Crippen LogP contribution in [0.15, 0.2) is 4.52 Å². The molecule has 1 rings (SSSR count). The van der Waals surface area contributed by atoms with Crippen LogP contribution in [0.4, 0.5) is 0 Å². The monoisotopic (exact) mass is 212 g/mol. The first-order valence-electron chi connectivity index (χ1n) is 4.82. The Bertz CT molecular complexity index is 346. The van der Waals surface area contributed by atoms with E-state index in [-0.39, 0.29) is 11.7 Å². The number of hydrogen-bond donors (Lipinski definition) is 2. The van der Waals surface area contributed by atoms with Crippen molar-refractivity contribution in [2.24, 2.45) is 0 Å². The molecule has 0 saturated heterocycles. The highest BCUT2D eigenvalue weighted by Crippen LogP contribution is 2.16. The van der Waals surface area contributed by atoms with E-state index in [1.807, 2.05) is 20.8 Å². The first-order valence-corrected chi connectivity index (χ1v) is 4.82. The number of aromatic nitrogens is 2. The Kier molecular flexibility index (Phi) is 3.41. The Morgan fingerprint density at radius 2 is 2.20 bits per heavy atom. The lowest BCUT2D eigenvalue weighted by molar-refractivity contribution is 0.0942. The number of carbonyl (C=O) groups is 1. The van der Waals surface area contributed by atoms with E-state index in [0.717, 1.165) is 0 Å². The molecule has 0 bridgehead atoms. The van der Waals surface area contributed by atoms with Crippen molar-refractivity contribution in [2.45, 2.75) is 26.3 Å². The highest BCUT2D eigenvalue weighted by molar-refractivity contribution is 5.90. The summed E-state index contributed by atoms with van der Waals surface area (Å²) in [5, 5.41) is 9.22. The molecule has 0 atom stereocenters. The number of carbonyl (C=O) groups excluding carboxylic acids is 1. The van der Waals surface area contributed by atoms with E-state index < -0.39 is 5.54 Å². The normalized spacial score (nSPS) is 11.5. The molecule has 6 nitrogen and oxygen atoms in total. The Labute approximate surface area is 88.4 Å². The molecule has 0 aliphatic heterocycles. The second-order valence-corrected chi connectivity index (χ2v) is 3.66. The number of nitrogens with one attached hydrogen (secondary N) is 2. The van der Waals surface area contributed by atoms with Crippen LogP contribution in [0, 0.1) is 0 Å². The van der Waals surface area contributed by atoms with Crippen molar-refractivity contribution in [1.29, 1.82) is 0 Å². The lowest BCUT2D eigenvalue weighted by Crippen LogP contribution is -2.33. The fourth-order valence-corrected chi connectivity index (χ4v) is 0.916. The van der Waals surface area contributed by atoms with Crippen molar-refractivity contribution in [3.63, 3.8) is 0 Å². The zero-order valence-electron chi connectivity index (χ0n) is 9.42. The van der Waals surface area contributed by atoms with Crippen LogP contribution in [0.1, 0.15) is 37.3 Å². The van der Waals surface area contributed by atoms with Crippen LogP contribution in [0.25, 0.3) is 0 Å². The van der Waals surface area contributed by atoms with Crippen LogP contribution >= 0.6 is 0 Å². The van der Waals surface area contributed by atoms with Crippen LogP contribution in [0.3, 0.4) is 0 Å². The molecule has 2 N–H and O–H groups in total. The van der Waals surface area contributed by atoms with E-state index in [1.165, 1.54) is 0 Å². The average molecular weight is 212 g/mol. The molecule has 1 aromatic rings. The van der Waals surface area contributed by atoms with Crippen LogP contribution in [-0.2, 0) is 5.54 Å². The summed E-state index contributed by atoms with van der Waals surface area (Å²) in [7, 11) is 1.79. The van der Waals surface area contributed by atoms with Gasteiger partial charge >= 0.3 is 0 Å². The maximum Gasteiger partial charge on any atom is 0.292 e. The lowest BCUT2D eigenvalue weighted by Gasteiger charge is -2.17. The Morgan fingerprint density at radius 3 is 2.73 bits per heavy atom. The van der Waals surface area contributed by atoms with Crippen LogP contribution in [0.2, 0.25) is 0 Å². The molecule has 1 amide bonds. The SMILES string of the molecule is CCNC(=O)c1noc(C(C)(C)NC)n1. The summed E-state index contributed by atoms with van der Waals surface area (Å²) < 4.78 is 5.00. The maximum atomic E-state index is 11.4. The first kappa shape index (κ1) is 11.6. The van der Waals surface area contributed by atoms with Crippen molar-refractivity contribution in [2.75, 3.05) is 13.6 Å². The average Bonchev–Trinajstić information content (AvgIpc) is 2.67. The summed E-state index contributed by atoms with van der Waals surface area (Å²) in [4.78, 5) is 15.4. The summed E-state index contributed by atoms with van der Waals surface area (Å²) in [6, 6.07) is 0. The Balaban J connectivity index is 2.85. The summed E-state index contributed by atoms with van der Waals surface area (Å²) in [5.74, 6) is 0.140. The number of nitrogens with zero attached hydrogens (tertiary/aromatic N) is 2. The van der Waals surface area contributed by atoms with Gasteiger partial charge in [0.1, 0.15) is 0 Å². The third kappa shape index (κ3) is 2.53. The van der Waals surface area contributed by atoms with Gasteiger partial charge in [0.2, 0.25) is 5.89 Å². The molecule has 84 valence electrons. The number of amides is 1. The standard InChI is InChI=1S/C9H16N4O2/c1-5-11-7(14)6-12-8(15-13-6)9(2,3)10-4/h10H,5H2,1-4H3,(H,11,14). The highest BCUT2D eigenvalue weighted by atomic mass is 16.5. The van der Waals surface area contributed by atoms with E-state index in [2.05, 4.69) is 20.8 Å².